The minimum absolute atomic E-state index is 0.000244. The fourth-order valence-corrected chi connectivity index (χ4v) is 4.10. The SMILES string of the molecule is CCC1CCCCC1OC(=O)/C=C/C(=O)OC1CCCCC1CC. The maximum atomic E-state index is 12.0. The number of carbonyl (C=O) groups is 2. The summed E-state index contributed by atoms with van der Waals surface area (Å²) >= 11 is 0. The second-order valence-corrected chi connectivity index (χ2v) is 7.19. The molecule has 0 spiro atoms. The van der Waals surface area contributed by atoms with Crippen molar-refractivity contribution < 1.29 is 19.1 Å². The largest absolute Gasteiger partial charge is 0.459 e. The fraction of sp³-hybridized carbons (Fsp3) is 0.800. The molecule has 4 atom stereocenters. The summed E-state index contributed by atoms with van der Waals surface area (Å²) in [5, 5.41) is 0. The van der Waals surface area contributed by atoms with Gasteiger partial charge in [-0.15, -0.1) is 0 Å². The lowest BCUT2D eigenvalue weighted by Crippen LogP contribution is -2.30. The van der Waals surface area contributed by atoms with Gasteiger partial charge in [-0.3, -0.25) is 0 Å². The van der Waals surface area contributed by atoms with E-state index < -0.39 is 11.9 Å². The third kappa shape index (κ3) is 5.64. The maximum absolute atomic E-state index is 12.0. The minimum atomic E-state index is -0.423. The highest BCUT2D eigenvalue weighted by molar-refractivity contribution is 5.91. The summed E-state index contributed by atoms with van der Waals surface area (Å²) in [7, 11) is 0. The first-order valence-corrected chi connectivity index (χ1v) is 9.73. The highest BCUT2D eigenvalue weighted by Gasteiger charge is 2.27. The molecule has 0 radical (unpaired) electrons. The lowest BCUT2D eigenvalue weighted by atomic mass is 9.85. The minimum Gasteiger partial charge on any atom is -0.459 e. The highest BCUT2D eigenvalue weighted by Crippen LogP contribution is 2.30. The average molecular weight is 336 g/mol. The van der Waals surface area contributed by atoms with Gasteiger partial charge in [0.1, 0.15) is 12.2 Å². The van der Waals surface area contributed by atoms with Crippen LogP contribution in [0.5, 0.6) is 0 Å². The zero-order valence-corrected chi connectivity index (χ0v) is 15.2. The van der Waals surface area contributed by atoms with Crippen molar-refractivity contribution in [1.82, 2.24) is 0 Å². The number of rotatable bonds is 6. The van der Waals surface area contributed by atoms with Gasteiger partial charge in [0, 0.05) is 12.2 Å². The quantitative estimate of drug-likeness (QED) is 0.527. The Morgan fingerprint density at radius 2 is 1.12 bits per heavy atom. The number of carbonyl (C=O) groups excluding carboxylic acids is 2. The molecule has 0 aromatic carbocycles. The molecule has 2 fully saturated rings. The highest BCUT2D eigenvalue weighted by atomic mass is 16.5. The second-order valence-electron chi connectivity index (χ2n) is 7.19. The molecule has 0 saturated heterocycles. The Labute approximate surface area is 146 Å². The summed E-state index contributed by atoms with van der Waals surface area (Å²) in [6.07, 6.45) is 13.3. The van der Waals surface area contributed by atoms with Crippen LogP contribution in [-0.4, -0.2) is 24.1 Å². The molecule has 2 saturated carbocycles. The first kappa shape index (κ1) is 19.0. The predicted octanol–water partition coefficient (Wildman–Crippen LogP) is 4.57. The number of esters is 2. The molecule has 0 amide bonds. The van der Waals surface area contributed by atoms with Crippen molar-refractivity contribution in [2.75, 3.05) is 0 Å². The third-order valence-corrected chi connectivity index (χ3v) is 5.62. The van der Waals surface area contributed by atoms with Gasteiger partial charge >= 0.3 is 11.9 Å². The topological polar surface area (TPSA) is 52.6 Å². The van der Waals surface area contributed by atoms with Gasteiger partial charge in [0.25, 0.3) is 0 Å². The van der Waals surface area contributed by atoms with Crippen molar-refractivity contribution in [2.45, 2.75) is 90.3 Å². The number of ether oxygens (including phenoxy) is 2. The van der Waals surface area contributed by atoms with Crippen molar-refractivity contribution in [2.24, 2.45) is 11.8 Å². The van der Waals surface area contributed by atoms with Crippen LogP contribution in [0.15, 0.2) is 12.2 Å². The maximum Gasteiger partial charge on any atom is 0.331 e. The molecule has 4 unspecified atom stereocenters. The molecule has 2 aliphatic carbocycles. The molecule has 0 N–H and O–H groups in total. The van der Waals surface area contributed by atoms with Crippen LogP contribution in [0.25, 0.3) is 0 Å². The predicted molar refractivity (Wildman–Crippen MR) is 93.4 cm³/mol. The van der Waals surface area contributed by atoms with Crippen molar-refractivity contribution in [1.29, 1.82) is 0 Å². The van der Waals surface area contributed by atoms with Crippen LogP contribution in [-0.2, 0) is 19.1 Å². The Balaban J connectivity index is 1.78. The van der Waals surface area contributed by atoms with Crippen LogP contribution in [0.4, 0.5) is 0 Å². The smallest absolute Gasteiger partial charge is 0.331 e. The van der Waals surface area contributed by atoms with Gasteiger partial charge < -0.3 is 9.47 Å². The first-order chi connectivity index (χ1) is 11.6. The van der Waals surface area contributed by atoms with Gasteiger partial charge in [0.15, 0.2) is 0 Å². The van der Waals surface area contributed by atoms with Crippen molar-refractivity contribution >= 4 is 11.9 Å². The molecule has 2 aliphatic rings. The lowest BCUT2D eigenvalue weighted by molar-refractivity contribution is -0.150. The Morgan fingerprint density at radius 1 is 0.750 bits per heavy atom. The average Bonchev–Trinajstić information content (AvgIpc) is 2.61. The molecule has 0 aliphatic heterocycles. The summed E-state index contributed by atoms with van der Waals surface area (Å²) in [5.41, 5.74) is 0. The van der Waals surface area contributed by atoms with E-state index in [0.717, 1.165) is 51.4 Å². The van der Waals surface area contributed by atoms with E-state index in [9.17, 15) is 9.59 Å². The molecule has 24 heavy (non-hydrogen) atoms. The van der Waals surface area contributed by atoms with Crippen LogP contribution in [0, 0.1) is 11.8 Å². The van der Waals surface area contributed by atoms with Crippen LogP contribution >= 0.6 is 0 Å². The Bertz CT molecular complexity index is 403. The molecule has 0 aromatic heterocycles. The summed E-state index contributed by atoms with van der Waals surface area (Å²) in [4.78, 5) is 23.9. The van der Waals surface area contributed by atoms with E-state index >= 15 is 0 Å². The van der Waals surface area contributed by atoms with Crippen LogP contribution in [0.3, 0.4) is 0 Å². The normalized spacial score (nSPS) is 30.9. The molecular formula is C20H32O4. The standard InChI is InChI=1S/C20H32O4/c1-3-15-9-5-7-11-17(15)23-19(21)13-14-20(22)24-18-12-8-6-10-16(18)4-2/h13-18H,3-12H2,1-2H3/b14-13+. The lowest BCUT2D eigenvalue weighted by Gasteiger charge is -2.30. The summed E-state index contributed by atoms with van der Waals surface area (Å²) in [6, 6.07) is 0. The fourth-order valence-electron chi connectivity index (χ4n) is 4.10. The zero-order valence-electron chi connectivity index (χ0n) is 15.2. The van der Waals surface area contributed by atoms with E-state index in [-0.39, 0.29) is 12.2 Å². The number of hydrogen-bond acceptors (Lipinski definition) is 4. The number of hydrogen-bond donors (Lipinski definition) is 0. The molecule has 4 heteroatoms. The monoisotopic (exact) mass is 336 g/mol. The van der Waals surface area contributed by atoms with Gasteiger partial charge in [-0.2, -0.15) is 0 Å². The van der Waals surface area contributed by atoms with E-state index in [0.29, 0.717) is 11.8 Å². The van der Waals surface area contributed by atoms with E-state index in [2.05, 4.69) is 13.8 Å². The van der Waals surface area contributed by atoms with Crippen LogP contribution in [0.2, 0.25) is 0 Å². The Morgan fingerprint density at radius 3 is 1.50 bits per heavy atom. The zero-order chi connectivity index (χ0) is 17.4. The molecule has 0 aromatic rings. The summed E-state index contributed by atoms with van der Waals surface area (Å²) in [5.74, 6) is 0.0622. The van der Waals surface area contributed by atoms with E-state index in [1.54, 1.807) is 0 Å². The third-order valence-electron chi connectivity index (χ3n) is 5.62. The summed E-state index contributed by atoms with van der Waals surface area (Å²) in [6.45, 7) is 4.27. The van der Waals surface area contributed by atoms with Crippen molar-refractivity contribution in [3.63, 3.8) is 0 Å². The van der Waals surface area contributed by atoms with Crippen molar-refractivity contribution in [3.8, 4) is 0 Å². The van der Waals surface area contributed by atoms with Crippen LogP contribution in [0.1, 0.15) is 78.1 Å². The van der Waals surface area contributed by atoms with Gasteiger partial charge in [-0.1, -0.05) is 26.7 Å². The van der Waals surface area contributed by atoms with Gasteiger partial charge in [-0.25, -0.2) is 9.59 Å². The van der Waals surface area contributed by atoms with E-state index in [1.807, 2.05) is 0 Å². The van der Waals surface area contributed by atoms with Crippen molar-refractivity contribution in [3.05, 3.63) is 12.2 Å². The second kappa shape index (κ2) is 9.85. The molecule has 2 rings (SSSR count). The molecule has 0 heterocycles. The Hall–Kier alpha value is -1.32. The Kier molecular flexibility index (Phi) is 7.80. The molecule has 4 nitrogen and oxygen atoms in total. The van der Waals surface area contributed by atoms with E-state index in [4.69, 9.17) is 9.47 Å². The molecule has 0 bridgehead atoms. The van der Waals surface area contributed by atoms with Gasteiger partial charge in [-0.05, 0) is 63.2 Å². The molecule has 136 valence electrons. The van der Waals surface area contributed by atoms with Gasteiger partial charge in [0.2, 0.25) is 0 Å². The summed E-state index contributed by atoms with van der Waals surface area (Å²) < 4.78 is 11.1. The van der Waals surface area contributed by atoms with Crippen LogP contribution < -0.4 is 0 Å². The van der Waals surface area contributed by atoms with Gasteiger partial charge in [0.05, 0.1) is 0 Å². The molecular weight excluding hydrogens is 304 g/mol. The van der Waals surface area contributed by atoms with E-state index in [1.165, 1.54) is 25.0 Å². The first-order valence-electron chi connectivity index (χ1n) is 9.73.